The van der Waals surface area contributed by atoms with E-state index in [1.54, 1.807) is 6.07 Å². The fourth-order valence-corrected chi connectivity index (χ4v) is 12.7. The molecule has 1 aliphatic heterocycles. The predicted molar refractivity (Wildman–Crippen MR) is 177 cm³/mol. The van der Waals surface area contributed by atoms with E-state index in [9.17, 15) is 28.1 Å². The summed E-state index contributed by atoms with van der Waals surface area (Å²) in [7, 11) is -6.73. The number of hydrogen-bond donors (Lipinski definition) is 3. The first-order valence-electron chi connectivity index (χ1n) is 15.0. The van der Waals surface area contributed by atoms with Crippen LogP contribution in [0.25, 0.3) is 6.08 Å². The zero-order valence-electron chi connectivity index (χ0n) is 25.8. The van der Waals surface area contributed by atoms with Crippen LogP contribution in [-0.2, 0) is 14.3 Å². The van der Waals surface area contributed by atoms with Gasteiger partial charge in [0, 0.05) is 0 Å². The van der Waals surface area contributed by atoms with Crippen LogP contribution in [0.4, 0.5) is 4.39 Å². The van der Waals surface area contributed by atoms with Crippen LogP contribution in [0.2, 0.25) is 5.04 Å². The monoisotopic (exact) mass is 638 g/mol. The summed E-state index contributed by atoms with van der Waals surface area (Å²) in [5, 5.41) is 31.8. The maximum absolute atomic E-state index is 13.9. The van der Waals surface area contributed by atoms with E-state index in [2.05, 4.69) is 45.0 Å². The van der Waals surface area contributed by atoms with Crippen LogP contribution >= 0.6 is 0 Å². The third-order valence-corrected chi connectivity index (χ3v) is 15.5. The highest BCUT2D eigenvalue weighted by Crippen LogP contribution is 2.39. The van der Waals surface area contributed by atoms with Crippen molar-refractivity contribution in [2.24, 2.45) is 0 Å². The average molecular weight is 639 g/mol. The molecule has 3 aromatic carbocycles. The molecule has 0 fully saturated rings. The van der Waals surface area contributed by atoms with Crippen LogP contribution < -0.4 is 10.4 Å². The Balaban J connectivity index is 1.69. The molecule has 2 atom stereocenters. The van der Waals surface area contributed by atoms with Crippen molar-refractivity contribution < 1.29 is 32.6 Å². The second kappa shape index (κ2) is 13.9. The van der Waals surface area contributed by atoms with E-state index in [4.69, 9.17) is 4.43 Å². The summed E-state index contributed by atoms with van der Waals surface area (Å²) < 4.78 is 47.4. The summed E-state index contributed by atoms with van der Waals surface area (Å²) in [6, 6.07) is 24.3. The maximum atomic E-state index is 13.9. The lowest BCUT2D eigenvalue weighted by Crippen LogP contribution is -2.66. The molecule has 0 spiro atoms. The summed E-state index contributed by atoms with van der Waals surface area (Å²) in [6.07, 6.45) is 1.99. The van der Waals surface area contributed by atoms with Gasteiger partial charge in [-0.2, -0.15) is 0 Å². The van der Waals surface area contributed by atoms with Crippen LogP contribution in [-0.4, -0.2) is 62.4 Å². The van der Waals surface area contributed by atoms with Gasteiger partial charge in [0.05, 0.1) is 25.1 Å². The zero-order valence-corrected chi connectivity index (χ0v) is 27.6. The summed E-state index contributed by atoms with van der Waals surface area (Å²) in [5.74, 6) is -1.42. The lowest BCUT2D eigenvalue weighted by atomic mass is 9.94. The Labute approximate surface area is 261 Å². The SMILES string of the molecule is CC/C(=C\c1ccc(O)c(F)c1)CC[C@@H](O)C1=C(CO[Si](c2ccccc2)(c2ccccc2)C(C)(C)C)CS(=O)(=O)[C@H]1CO. The molecular formula is C35H43FO6SSi. The van der Waals surface area contributed by atoms with Gasteiger partial charge in [0.25, 0.3) is 8.32 Å². The number of aromatic hydroxyl groups is 1. The first kappa shape index (κ1) is 33.8. The molecule has 0 saturated carbocycles. The molecule has 0 saturated heterocycles. The smallest absolute Gasteiger partial charge is 0.261 e. The van der Waals surface area contributed by atoms with Crippen LogP contribution in [0.15, 0.2) is 95.6 Å². The number of aliphatic hydroxyl groups is 2. The lowest BCUT2D eigenvalue weighted by molar-refractivity contribution is 0.186. The van der Waals surface area contributed by atoms with E-state index >= 15 is 0 Å². The molecule has 1 aliphatic rings. The molecule has 0 bridgehead atoms. The lowest BCUT2D eigenvalue weighted by Gasteiger charge is -2.43. The minimum absolute atomic E-state index is 0.0126. The number of allylic oxidation sites excluding steroid dienone is 1. The van der Waals surface area contributed by atoms with Gasteiger partial charge < -0.3 is 19.7 Å². The molecule has 0 aromatic heterocycles. The van der Waals surface area contributed by atoms with Gasteiger partial charge in [-0.1, -0.05) is 106 Å². The maximum Gasteiger partial charge on any atom is 0.261 e. The number of sulfone groups is 1. The van der Waals surface area contributed by atoms with Crippen molar-refractivity contribution in [1.29, 1.82) is 0 Å². The van der Waals surface area contributed by atoms with Crippen LogP contribution in [0.1, 0.15) is 52.5 Å². The van der Waals surface area contributed by atoms with Crippen molar-refractivity contribution in [1.82, 2.24) is 0 Å². The fraction of sp³-hybridized carbons (Fsp3) is 0.371. The second-order valence-electron chi connectivity index (χ2n) is 12.4. The Morgan fingerprint density at radius 2 is 1.64 bits per heavy atom. The molecule has 0 aliphatic carbocycles. The molecule has 3 aromatic rings. The molecule has 1 heterocycles. The quantitative estimate of drug-likeness (QED) is 0.188. The molecular weight excluding hydrogens is 596 g/mol. The van der Waals surface area contributed by atoms with E-state index in [1.807, 2.05) is 49.4 Å². The zero-order chi connectivity index (χ0) is 32.1. The minimum Gasteiger partial charge on any atom is -0.505 e. The van der Waals surface area contributed by atoms with Gasteiger partial charge >= 0.3 is 0 Å². The van der Waals surface area contributed by atoms with Crippen molar-refractivity contribution in [3.05, 3.63) is 107 Å². The number of hydrogen-bond acceptors (Lipinski definition) is 6. The van der Waals surface area contributed by atoms with Crippen LogP contribution in [0.3, 0.4) is 0 Å². The van der Waals surface area contributed by atoms with Gasteiger partial charge in [-0.25, -0.2) is 12.8 Å². The Hall–Kier alpha value is -3.08. The Kier molecular flexibility index (Phi) is 10.7. The number of halogens is 1. The molecule has 236 valence electrons. The number of phenolic OH excluding ortho intramolecular Hbond substituents is 1. The first-order chi connectivity index (χ1) is 20.8. The molecule has 3 N–H and O–H groups in total. The highest BCUT2D eigenvalue weighted by atomic mass is 32.2. The largest absolute Gasteiger partial charge is 0.505 e. The fourth-order valence-electron chi connectivity index (χ4n) is 6.27. The number of rotatable bonds is 12. The predicted octanol–water partition coefficient (Wildman–Crippen LogP) is 5.13. The van der Waals surface area contributed by atoms with E-state index in [0.717, 1.165) is 15.9 Å². The molecule has 4 rings (SSSR count). The highest BCUT2D eigenvalue weighted by molar-refractivity contribution is 7.92. The topological polar surface area (TPSA) is 104 Å². The Morgan fingerprint density at radius 1 is 1.05 bits per heavy atom. The van der Waals surface area contributed by atoms with Gasteiger partial charge in [0.1, 0.15) is 5.25 Å². The summed E-state index contributed by atoms with van der Waals surface area (Å²) >= 11 is 0. The van der Waals surface area contributed by atoms with Gasteiger partial charge in [-0.15, -0.1) is 0 Å². The summed E-state index contributed by atoms with van der Waals surface area (Å²) in [4.78, 5) is 0. The van der Waals surface area contributed by atoms with Crippen molar-refractivity contribution in [3.8, 4) is 5.75 Å². The van der Waals surface area contributed by atoms with E-state index in [0.29, 0.717) is 29.6 Å². The second-order valence-corrected chi connectivity index (χ2v) is 18.9. The Morgan fingerprint density at radius 3 is 2.14 bits per heavy atom. The van der Waals surface area contributed by atoms with E-state index in [-0.39, 0.29) is 23.8 Å². The van der Waals surface area contributed by atoms with Gasteiger partial charge in [-0.05, 0) is 63.5 Å². The van der Waals surface area contributed by atoms with Gasteiger partial charge in [-0.3, -0.25) is 0 Å². The standard InChI is InChI=1S/C35H43FO6SSi/c1-5-25(20-26-17-18-31(38)30(36)21-26)16-19-32(39)34-27(24-43(40,41)33(34)22-37)23-42-44(35(2,3)4,28-12-8-6-9-13-28)29-14-10-7-11-15-29/h6-15,17-18,20-21,32-33,37-39H,5,16,19,22-24H2,1-4H3/b25-20+/t32-,33+/m1/s1. The summed E-state index contributed by atoms with van der Waals surface area (Å²) in [5.41, 5.74) is 2.33. The number of phenols is 1. The molecule has 44 heavy (non-hydrogen) atoms. The van der Waals surface area contributed by atoms with E-state index in [1.165, 1.54) is 12.1 Å². The van der Waals surface area contributed by atoms with E-state index < -0.39 is 47.7 Å². The van der Waals surface area contributed by atoms with Crippen molar-refractivity contribution in [3.63, 3.8) is 0 Å². The third kappa shape index (κ3) is 7.08. The summed E-state index contributed by atoms with van der Waals surface area (Å²) in [6.45, 7) is 7.77. The third-order valence-electron chi connectivity index (χ3n) is 8.50. The van der Waals surface area contributed by atoms with Crippen molar-refractivity contribution in [2.45, 2.75) is 63.3 Å². The van der Waals surface area contributed by atoms with Gasteiger partial charge in [0.2, 0.25) is 0 Å². The molecule has 0 unspecified atom stereocenters. The van der Waals surface area contributed by atoms with Crippen molar-refractivity contribution >= 4 is 34.6 Å². The molecule has 0 radical (unpaired) electrons. The first-order valence-corrected chi connectivity index (χ1v) is 18.6. The Bertz CT molecular complexity index is 1560. The van der Waals surface area contributed by atoms with Gasteiger partial charge in [0.15, 0.2) is 21.4 Å². The number of aliphatic hydroxyl groups excluding tert-OH is 2. The highest BCUT2D eigenvalue weighted by Gasteiger charge is 2.51. The average Bonchev–Trinajstić information content (AvgIpc) is 3.26. The molecule has 6 nitrogen and oxygen atoms in total. The van der Waals surface area contributed by atoms with Crippen LogP contribution in [0.5, 0.6) is 5.75 Å². The number of benzene rings is 3. The molecule has 9 heteroatoms. The van der Waals surface area contributed by atoms with Crippen LogP contribution in [0, 0.1) is 5.82 Å². The normalized spacial score (nSPS) is 18.1. The van der Waals surface area contributed by atoms with Crippen molar-refractivity contribution in [2.75, 3.05) is 19.0 Å². The minimum atomic E-state index is -3.74. The molecule has 0 amide bonds.